The lowest BCUT2D eigenvalue weighted by Gasteiger charge is -2.30. The van der Waals surface area contributed by atoms with Gasteiger partial charge < -0.3 is 9.47 Å². The molecule has 0 saturated carbocycles. The molecule has 1 aromatic heterocycles. The summed E-state index contributed by atoms with van der Waals surface area (Å²) >= 11 is 3.19. The van der Waals surface area contributed by atoms with Gasteiger partial charge in [0, 0.05) is 22.4 Å². The zero-order chi connectivity index (χ0) is 20.1. The highest BCUT2D eigenvalue weighted by atomic mass is 79.9. The van der Waals surface area contributed by atoms with Gasteiger partial charge in [0.2, 0.25) is 0 Å². The van der Waals surface area contributed by atoms with Crippen molar-refractivity contribution < 1.29 is 28.7 Å². The highest BCUT2D eigenvalue weighted by molar-refractivity contribution is 9.10. The molecule has 0 saturated heterocycles. The van der Waals surface area contributed by atoms with E-state index < -0.39 is 40.9 Å². The minimum absolute atomic E-state index is 0.00438. The number of halogens is 1. The molecule has 1 unspecified atom stereocenters. The molecule has 0 aliphatic rings. The Kier molecular flexibility index (Phi) is 7.20. The summed E-state index contributed by atoms with van der Waals surface area (Å²) < 4.78 is 10.6. The van der Waals surface area contributed by atoms with Crippen molar-refractivity contribution in [2.75, 3.05) is 6.61 Å². The Bertz CT molecular complexity index is 725. The van der Waals surface area contributed by atoms with E-state index in [0.717, 1.165) is 6.92 Å². The minimum atomic E-state index is -2.33. The van der Waals surface area contributed by atoms with E-state index in [9.17, 15) is 19.2 Å². The van der Waals surface area contributed by atoms with Crippen molar-refractivity contribution in [2.45, 2.75) is 46.6 Å². The summed E-state index contributed by atoms with van der Waals surface area (Å²) in [6, 6.07) is 1.42. The van der Waals surface area contributed by atoms with Crippen LogP contribution in [0.15, 0.2) is 22.9 Å². The third kappa shape index (κ3) is 5.20. The van der Waals surface area contributed by atoms with Gasteiger partial charge in [-0.25, -0.2) is 0 Å². The van der Waals surface area contributed by atoms with E-state index in [1.165, 1.54) is 18.5 Å². The lowest BCUT2D eigenvalue weighted by molar-refractivity contribution is -0.170. The summed E-state index contributed by atoms with van der Waals surface area (Å²) in [5.41, 5.74) is -3.28. The number of carbonyl (C=O) groups is 4. The van der Waals surface area contributed by atoms with E-state index in [1.54, 1.807) is 27.7 Å². The number of esters is 2. The fraction of sp³-hybridized carbons (Fsp3) is 0.500. The number of ketones is 2. The lowest BCUT2D eigenvalue weighted by atomic mass is 9.74. The van der Waals surface area contributed by atoms with Crippen LogP contribution in [-0.4, -0.2) is 40.7 Å². The van der Waals surface area contributed by atoms with Gasteiger partial charge in [-0.15, -0.1) is 0 Å². The maximum absolute atomic E-state index is 13.1. The molecule has 0 radical (unpaired) electrons. The normalized spacial score (nSPS) is 13.5. The first-order valence-electron chi connectivity index (χ1n) is 7.99. The molecule has 7 nitrogen and oxygen atoms in total. The van der Waals surface area contributed by atoms with E-state index in [-0.39, 0.29) is 12.2 Å². The van der Waals surface area contributed by atoms with E-state index in [0.29, 0.717) is 4.47 Å². The zero-order valence-electron chi connectivity index (χ0n) is 15.4. The first kappa shape index (κ1) is 22.0. The number of carbonyl (C=O) groups excluding carboxylic acids is 4. The van der Waals surface area contributed by atoms with Crippen LogP contribution in [-0.2, 0) is 23.9 Å². The van der Waals surface area contributed by atoms with Crippen molar-refractivity contribution in [2.24, 2.45) is 5.41 Å². The number of Topliss-reactive ketones (excluding diaryl/α,β-unsaturated/α-hetero) is 2. The molecule has 0 aliphatic heterocycles. The van der Waals surface area contributed by atoms with E-state index in [4.69, 9.17) is 9.47 Å². The molecule has 142 valence electrons. The summed E-state index contributed by atoms with van der Waals surface area (Å²) in [6.45, 7) is 7.52. The lowest BCUT2D eigenvalue weighted by Crippen LogP contribution is -2.50. The first-order chi connectivity index (χ1) is 11.9. The second-order valence-corrected chi connectivity index (χ2v) is 7.58. The average molecular weight is 428 g/mol. The summed E-state index contributed by atoms with van der Waals surface area (Å²) in [7, 11) is 0. The third-order valence-electron chi connectivity index (χ3n) is 3.42. The van der Waals surface area contributed by atoms with Crippen LogP contribution < -0.4 is 0 Å². The number of rotatable bonds is 7. The Balaban J connectivity index is 3.51. The number of pyridine rings is 1. The molecule has 1 aromatic rings. The second kappa shape index (κ2) is 8.53. The van der Waals surface area contributed by atoms with Gasteiger partial charge in [0.15, 0.2) is 17.0 Å². The number of nitrogens with zero attached hydrogens (tertiary/aromatic N) is 1. The van der Waals surface area contributed by atoms with Crippen LogP contribution in [0.5, 0.6) is 0 Å². The molecule has 1 rings (SSSR count). The van der Waals surface area contributed by atoms with Gasteiger partial charge in [-0.1, -0.05) is 0 Å². The second-order valence-electron chi connectivity index (χ2n) is 6.67. The predicted molar refractivity (Wildman–Crippen MR) is 96.5 cm³/mol. The molecule has 0 amide bonds. The van der Waals surface area contributed by atoms with Gasteiger partial charge >= 0.3 is 11.9 Å². The molecule has 8 heteroatoms. The number of hydrogen-bond donors (Lipinski definition) is 0. The van der Waals surface area contributed by atoms with Crippen molar-refractivity contribution in [3.63, 3.8) is 0 Å². The van der Waals surface area contributed by atoms with Crippen molar-refractivity contribution in [1.29, 1.82) is 0 Å². The number of ether oxygens (including phenoxy) is 2. The van der Waals surface area contributed by atoms with Gasteiger partial charge in [0.25, 0.3) is 0 Å². The van der Waals surface area contributed by atoms with Crippen LogP contribution in [0.3, 0.4) is 0 Å². The van der Waals surface area contributed by atoms with Crippen molar-refractivity contribution in [1.82, 2.24) is 4.98 Å². The largest absolute Gasteiger partial charge is 0.466 e. The van der Waals surface area contributed by atoms with Crippen LogP contribution in [0.4, 0.5) is 0 Å². The summed E-state index contributed by atoms with van der Waals surface area (Å²) in [5.74, 6) is -3.59. The topological polar surface area (TPSA) is 99.6 Å². The van der Waals surface area contributed by atoms with Crippen LogP contribution >= 0.6 is 15.9 Å². The molecule has 0 aromatic carbocycles. The van der Waals surface area contributed by atoms with Crippen LogP contribution in [0.25, 0.3) is 0 Å². The van der Waals surface area contributed by atoms with E-state index in [1.807, 2.05) is 0 Å². The fourth-order valence-corrected chi connectivity index (χ4v) is 2.61. The number of aromatic nitrogens is 1. The summed E-state index contributed by atoms with van der Waals surface area (Å²) in [4.78, 5) is 54.4. The molecular weight excluding hydrogens is 406 g/mol. The highest BCUT2D eigenvalue weighted by Gasteiger charge is 2.55. The van der Waals surface area contributed by atoms with Gasteiger partial charge in [0.05, 0.1) is 13.0 Å². The maximum Gasteiger partial charge on any atom is 0.328 e. The zero-order valence-corrected chi connectivity index (χ0v) is 17.0. The Hall–Kier alpha value is -2.09. The fourth-order valence-electron chi connectivity index (χ4n) is 2.25. The molecule has 1 atom stereocenters. The van der Waals surface area contributed by atoms with Gasteiger partial charge in [-0.05, 0) is 56.6 Å². The van der Waals surface area contributed by atoms with Gasteiger partial charge in [-0.2, -0.15) is 0 Å². The quantitative estimate of drug-likeness (QED) is 0.374. The predicted octanol–water partition coefficient (Wildman–Crippen LogP) is 2.90. The molecule has 1 heterocycles. The molecule has 0 spiro atoms. The van der Waals surface area contributed by atoms with Crippen LogP contribution in [0.1, 0.15) is 51.4 Å². The average Bonchev–Trinajstić information content (AvgIpc) is 2.50. The standard InChI is InChI=1S/C18H22BrNO6/c1-6-25-14(22)8-18(11(2)21,16(24)26-17(3,4)5)15(23)12-7-13(19)10-20-9-12/h7,9-10H,6,8H2,1-5H3. The SMILES string of the molecule is CCOC(=O)CC(C(C)=O)(C(=O)OC(C)(C)C)C(=O)c1cncc(Br)c1. The highest BCUT2D eigenvalue weighted by Crippen LogP contribution is 2.33. The summed E-state index contributed by atoms with van der Waals surface area (Å²) in [6.07, 6.45) is 1.93. The van der Waals surface area contributed by atoms with Gasteiger partial charge in [-0.3, -0.25) is 24.2 Å². The monoisotopic (exact) mass is 427 g/mol. The Morgan fingerprint density at radius 3 is 2.23 bits per heavy atom. The van der Waals surface area contributed by atoms with Crippen LogP contribution in [0.2, 0.25) is 0 Å². The Morgan fingerprint density at radius 2 is 1.77 bits per heavy atom. The molecule has 26 heavy (non-hydrogen) atoms. The maximum atomic E-state index is 13.1. The minimum Gasteiger partial charge on any atom is -0.466 e. The molecular formula is C18H22BrNO6. The Morgan fingerprint density at radius 1 is 1.15 bits per heavy atom. The number of hydrogen-bond acceptors (Lipinski definition) is 7. The van der Waals surface area contributed by atoms with Crippen molar-refractivity contribution in [3.05, 3.63) is 28.5 Å². The Labute approximate surface area is 160 Å². The molecule has 0 aliphatic carbocycles. The van der Waals surface area contributed by atoms with E-state index >= 15 is 0 Å². The molecule has 0 N–H and O–H groups in total. The molecule has 0 fully saturated rings. The van der Waals surface area contributed by atoms with Gasteiger partial charge in [0.1, 0.15) is 5.60 Å². The van der Waals surface area contributed by atoms with Crippen LogP contribution in [0, 0.1) is 5.41 Å². The smallest absolute Gasteiger partial charge is 0.328 e. The first-order valence-corrected chi connectivity index (χ1v) is 8.78. The van der Waals surface area contributed by atoms with Crippen molar-refractivity contribution in [3.8, 4) is 0 Å². The van der Waals surface area contributed by atoms with E-state index in [2.05, 4.69) is 20.9 Å². The summed E-state index contributed by atoms with van der Waals surface area (Å²) in [5, 5.41) is 0. The van der Waals surface area contributed by atoms with Crippen molar-refractivity contribution >= 4 is 39.4 Å². The third-order valence-corrected chi connectivity index (χ3v) is 3.85. The molecule has 0 bridgehead atoms.